The smallest absolute Gasteiger partial charge is 0.241 e. The maximum Gasteiger partial charge on any atom is 0.241 e. The van der Waals surface area contributed by atoms with E-state index in [0.717, 1.165) is 25.9 Å². The Bertz CT molecular complexity index is 499. The first-order valence-corrected chi connectivity index (χ1v) is 8.32. The lowest BCUT2D eigenvalue weighted by atomic mass is 10.1. The van der Waals surface area contributed by atoms with E-state index in [-0.39, 0.29) is 0 Å². The molecule has 18 heavy (non-hydrogen) atoms. The van der Waals surface area contributed by atoms with Crippen LogP contribution in [0.15, 0.2) is 33.6 Å². The molecule has 0 spiro atoms. The lowest BCUT2D eigenvalue weighted by molar-refractivity contribution is 0.519. The van der Waals surface area contributed by atoms with Gasteiger partial charge in [0.15, 0.2) is 0 Å². The van der Waals surface area contributed by atoms with Crippen LogP contribution >= 0.6 is 15.9 Å². The molecule has 1 heterocycles. The second kappa shape index (κ2) is 6.14. The summed E-state index contributed by atoms with van der Waals surface area (Å²) in [5, 5.41) is 3.28. The van der Waals surface area contributed by atoms with Gasteiger partial charge in [-0.1, -0.05) is 12.1 Å². The largest absolute Gasteiger partial charge is 0.316 e. The van der Waals surface area contributed by atoms with Crippen molar-refractivity contribution in [3.63, 3.8) is 0 Å². The van der Waals surface area contributed by atoms with Crippen molar-refractivity contribution < 1.29 is 8.42 Å². The molecule has 0 aliphatic carbocycles. The van der Waals surface area contributed by atoms with Crippen LogP contribution in [-0.4, -0.2) is 28.1 Å². The average molecular weight is 333 g/mol. The normalized spacial score (nSPS) is 20.2. The van der Waals surface area contributed by atoms with Gasteiger partial charge in [-0.2, -0.15) is 0 Å². The second-order valence-electron chi connectivity index (χ2n) is 4.48. The molecule has 1 fully saturated rings. The maximum atomic E-state index is 12.1. The molecule has 6 heteroatoms. The molecule has 1 atom stereocenters. The summed E-state index contributed by atoms with van der Waals surface area (Å²) in [6.45, 7) is 2.54. The van der Waals surface area contributed by atoms with E-state index in [0.29, 0.717) is 21.8 Å². The molecule has 4 nitrogen and oxygen atoms in total. The van der Waals surface area contributed by atoms with E-state index in [4.69, 9.17) is 0 Å². The Morgan fingerprint density at radius 3 is 2.83 bits per heavy atom. The third-order valence-electron chi connectivity index (χ3n) is 3.13. The summed E-state index contributed by atoms with van der Waals surface area (Å²) in [5.74, 6) is 0.590. The van der Waals surface area contributed by atoms with Crippen LogP contribution < -0.4 is 10.0 Å². The highest BCUT2D eigenvalue weighted by Gasteiger charge is 2.18. The molecule has 1 aliphatic rings. The van der Waals surface area contributed by atoms with Crippen LogP contribution in [0.4, 0.5) is 0 Å². The first-order valence-electron chi connectivity index (χ1n) is 6.04. The molecule has 1 saturated heterocycles. The summed E-state index contributed by atoms with van der Waals surface area (Å²) in [7, 11) is -3.40. The molecule has 2 rings (SSSR count). The van der Waals surface area contributed by atoms with Gasteiger partial charge >= 0.3 is 0 Å². The van der Waals surface area contributed by atoms with E-state index in [1.54, 1.807) is 24.3 Å². The van der Waals surface area contributed by atoms with Crippen LogP contribution in [0.1, 0.15) is 12.8 Å². The van der Waals surface area contributed by atoms with Gasteiger partial charge in [0, 0.05) is 11.0 Å². The first-order chi connectivity index (χ1) is 8.59. The van der Waals surface area contributed by atoms with Gasteiger partial charge in [0.05, 0.1) is 4.90 Å². The van der Waals surface area contributed by atoms with Crippen molar-refractivity contribution in [1.29, 1.82) is 0 Å². The Labute approximate surface area is 116 Å². The van der Waals surface area contributed by atoms with E-state index < -0.39 is 10.0 Å². The number of benzene rings is 1. The number of rotatable bonds is 5. The third-order valence-corrected chi connectivity index (χ3v) is 5.61. The van der Waals surface area contributed by atoms with Crippen LogP contribution in [-0.2, 0) is 10.0 Å². The molecular weight excluding hydrogens is 316 g/mol. The molecular formula is C12H17BrN2O2S. The predicted molar refractivity (Wildman–Crippen MR) is 74.9 cm³/mol. The van der Waals surface area contributed by atoms with Gasteiger partial charge < -0.3 is 5.32 Å². The molecule has 0 bridgehead atoms. The number of halogens is 1. The van der Waals surface area contributed by atoms with Crippen molar-refractivity contribution in [2.45, 2.75) is 17.7 Å². The fraction of sp³-hybridized carbons (Fsp3) is 0.500. The van der Waals surface area contributed by atoms with E-state index in [9.17, 15) is 8.42 Å². The Kier molecular flexibility index (Phi) is 4.77. The van der Waals surface area contributed by atoms with Gasteiger partial charge in [0.25, 0.3) is 0 Å². The molecule has 0 saturated carbocycles. The van der Waals surface area contributed by atoms with Gasteiger partial charge in [-0.25, -0.2) is 13.1 Å². The molecule has 2 N–H and O–H groups in total. The summed E-state index contributed by atoms with van der Waals surface area (Å²) in [4.78, 5) is 0.301. The molecule has 0 aromatic heterocycles. The Hall–Kier alpha value is -0.430. The lowest BCUT2D eigenvalue weighted by Crippen LogP contribution is -2.27. The van der Waals surface area contributed by atoms with Crippen LogP contribution in [0, 0.1) is 5.92 Å². The van der Waals surface area contributed by atoms with Gasteiger partial charge in [-0.05, 0) is 59.9 Å². The van der Waals surface area contributed by atoms with Gasteiger partial charge in [0.2, 0.25) is 10.0 Å². The minimum atomic E-state index is -3.40. The average Bonchev–Trinajstić information content (AvgIpc) is 2.82. The van der Waals surface area contributed by atoms with E-state index in [1.165, 1.54) is 0 Å². The topological polar surface area (TPSA) is 58.2 Å². The minimum Gasteiger partial charge on any atom is -0.316 e. The summed E-state index contributed by atoms with van der Waals surface area (Å²) in [6, 6.07) is 6.85. The van der Waals surface area contributed by atoms with E-state index >= 15 is 0 Å². The zero-order valence-corrected chi connectivity index (χ0v) is 12.4. The highest BCUT2D eigenvalue weighted by Crippen LogP contribution is 2.21. The van der Waals surface area contributed by atoms with Crippen molar-refractivity contribution >= 4 is 26.0 Å². The molecule has 1 aromatic rings. The molecule has 0 radical (unpaired) electrons. The third kappa shape index (κ3) is 3.54. The Balaban J connectivity index is 1.93. The summed E-state index contributed by atoms with van der Waals surface area (Å²) >= 11 is 3.26. The van der Waals surface area contributed by atoms with Gasteiger partial charge in [0.1, 0.15) is 0 Å². The molecule has 1 unspecified atom stereocenters. The van der Waals surface area contributed by atoms with E-state index in [1.807, 2.05) is 0 Å². The Morgan fingerprint density at radius 1 is 1.39 bits per heavy atom. The van der Waals surface area contributed by atoms with Crippen molar-refractivity contribution in [2.75, 3.05) is 19.6 Å². The fourth-order valence-corrected chi connectivity index (χ4v) is 4.15. The summed E-state index contributed by atoms with van der Waals surface area (Å²) < 4.78 is 27.4. The summed E-state index contributed by atoms with van der Waals surface area (Å²) in [5.41, 5.74) is 0. The zero-order chi connectivity index (χ0) is 13.0. The first kappa shape index (κ1) is 14.0. The number of hydrogen-bond acceptors (Lipinski definition) is 3. The monoisotopic (exact) mass is 332 g/mol. The van der Waals surface area contributed by atoms with Crippen molar-refractivity contribution in [2.24, 2.45) is 5.92 Å². The van der Waals surface area contributed by atoms with Crippen LogP contribution in [0.3, 0.4) is 0 Å². The number of sulfonamides is 1. The SMILES string of the molecule is O=S(=O)(NCCC1CCNC1)c1ccccc1Br. The second-order valence-corrected chi connectivity index (χ2v) is 7.07. The maximum absolute atomic E-state index is 12.1. The predicted octanol–water partition coefficient (Wildman–Crippen LogP) is 1.73. The molecule has 1 aliphatic heterocycles. The molecule has 100 valence electrons. The summed E-state index contributed by atoms with van der Waals surface area (Å²) in [6.07, 6.45) is 2.02. The number of nitrogens with one attached hydrogen (secondary N) is 2. The molecule has 0 amide bonds. The Morgan fingerprint density at radius 2 is 2.17 bits per heavy atom. The zero-order valence-electron chi connectivity index (χ0n) is 10.0. The fourth-order valence-electron chi connectivity index (χ4n) is 2.10. The lowest BCUT2D eigenvalue weighted by Gasteiger charge is -2.10. The highest BCUT2D eigenvalue weighted by atomic mass is 79.9. The van der Waals surface area contributed by atoms with Crippen LogP contribution in [0.5, 0.6) is 0 Å². The van der Waals surface area contributed by atoms with Gasteiger partial charge in [-0.3, -0.25) is 0 Å². The van der Waals surface area contributed by atoms with Crippen molar-refractivity contribution in [1.82, 2.24) is 10.0 Å². The van der Waals surface area contributed by atoms with Crippen molar-refractivity contribution in [3.8, 4) is 0 Å². The highest BCUT2D eigenvalue weighted by molar-refractivity contribution is 9.10. The van der Waals surface area contributed by atoms with Crippen LogP contribution in [0.2, 0.25) is 0 Å². The van der Waals surface area contributed by atoms with Crippen molar-refractivity contribution in [3.05, 3.63) is 28.7 Å². The minimum absolute atomic E-state index is 0.301. The molecule has 1 aromatic carbocycles. The van der Waals surface area contributed by atoms with Gasteiger partial charge in [-0.15, -0.1) is 0 Å². The number of hydrogen-bond donors (Lipinski definition) is 2. The quantitative estimate of drug-likeness (QED) is 0.863. The standard InChI is InChI=1S/C12H17BrN2O2S/c13-11-3-1-2-4-12(11)18(16,17)15-8-6-10-5-7-14-9-10/h1-4,10,14-15H,5-9H2. The van der Waals surface area contributed by atoms with Crippen LogP contribution in [0.25, 0.3) is 0 Å². The van der Waals surface area contributed by atoms with E-state index in [2.05, 4.69) is 26.0 Å².